The number of benzene rings is 1. The highest BCUT2D eigenvalue weighted by Gasteiger charge is 2.23. The minimum absolute atomic E-state index is 0.0381. The molecule has 0 aliphatic heterocycles. The lowest BCUT2D eigenvalue weighted by Gasteiger charge is -2.21. The molecule has 0 aliphatic carbocycles. The molecule has 3 nitrogen and oxygen atoms in total. The molecule has 1 heterocycles. The van der Waals surface area contributed by atoms with Crippen molar-refractivity contribution < 1.29 is 9.47 Å². The maximum absolute atomic E-state index is 5.50. The van der Waals surface area contributed by atoms with E-state index in [0.717, 1.165) is 21.5 Å². The largest absolute Gasteiger partial charge is 0.496 e. The first-order valence-electron chi connectivity index (χ1n) is 6.26. The Morgan fingerprint density at radius 2 is 1.80 bits per heavy atom. The Morgan fingerprint density at radius 3 is 2.20 bits per heavy atom. The van der Waals surface area contributed by atoms with E-state index in [-0.39, 0.29) is 6.04 Å². The highest BCUT2D eigenvalue weighted by atomic mass is 79.9. The summed E-state index contributed by atoms with van der Waals surface area (Å²) < 4.78 is 12.1. The summed E-state index contributed by atoms with van der Waals surface area (Å²) in [5, 5.41) is 3.35. The summed E-state index contributed by atoms with van der Waals surface area (Å²) in [6.45, 7) is 2.10. The average Bonchev–Trinajstić information content (AvgIpc) is 2.79. The van der Waals surface area contributed by atoms with Crippen LogP contribution in [-0.2, 0) is 0 Å². The lowest BCUT2D eigenvalue weighted by molar-refractivity contribution is 0.379. The molecule has 0 amide bonds. The van der Waals surface area contributed by atoms with Crippen molar-refractivity contribution in [2.75, 3.05) is 21.3 Å². The Bertz CT molecular complexity index is 556. The van der Waals surface area contributed by atoms with Gasteiger partial charge >= 0.3 is 0 Å². The first kappa shape index (κ1) is 15.4. The summed E-state index contributed by atoms with van der Waals surface area (Å²) in [6, 6.07) is 8.03. The fourth-order valence-electron chi connectivity index (χ4n) is 2.22. The highest BCUT2D eigenvalue weighted by molar-refractivity contribution is 9.10. The predicted molar refractivity (Wildman–Crippen MR) is 87.2 cm³/mol. The Labute approximate surface area is 132 Å². The first-order valence-corrected chi connectivity index (χ1v) is 7.87. The van der Waals surface area contributed by atoms with Gasteiger partial charge in [-0.1, -0.05) is 6.07 Å². The van der Waals surface area contributed by atoms with Gasteiger partial charge in [-0.2, -0.15) is 0 Å². The van der Waals surface area contributed by atoms with E-state index in [1.54, 1.807) is 25.6 Å². The van der Waals surface area contributed by atoms with Gasteiger partial charge in [0.2, 0.25) is 0 Å². The molecule has 1 aromatic carbocycles. The number of rotatable bonds is 5. The molecule has 2 rings (SSSR count). The molecule has 0 bridgehead atoms. The molecule has 5 heteroatoms. The van der Waals surface area contributed by atoms with E-state index >= 15 is 0 Å². The van der Waals surface area contributed by atoms with Crippen molar-refractivity contribution in [2.24, 2.45) is 0 Å². The van der Waals surface area contributed by atoms with Gasteiger partial charge in [0, 0.05) is 14.2 Å². The molecule has 1 unspecified atom stereocenters. The number of halogens is 1. The van der Waals surface area contributed by atoms with Crippen LogP contribution in [0.2, 0.25) is 0 Å². The van der Waals surface area contributed by atoms with Gasteiger partial charge in [0.15, 0.2) is 0 Å². The quantitative estimate of drug-likeness (QED) is 0.873. The lowest BCUT2D eigenvalue weighted by Crippen LogP contribution is -2.18. The van der Waals surface area contributed by atoms with Crippen molar-refractivity contribution in [1.82, 2.24) is 5.32 Å². The van der Waals surface area contributed by atoms with E-state index in [2.05, 4.69) is 34.2 Å². The van der Waals surface area contributed by atoms with Gasteiger partial charge in [0.1, 0.15) is 11.5 Å². The fourth-order valence-corrected chi connectivity index (χ4v) is 3.90. The summed E-state index contributed by atoms with van der Waals surface area (Å²) in [4.78, 5) is 2.48. The first-order chi connectivity index (χ1) is 9.62. The number of ether oxygens (including phenoxy) is 2. The van der Waals surface area contributed by atoms with E-state index < -0.39 is 0 Å². The molecule has 0 saturated heterocycles. The molecule has 108 valence electrons. The molecule has 0 radical (unpaired) electrons. The van der Waals surface area contributed by atoms with Crippen LogP contribution in [0.15, 0.2) is 28.7 Å². The topological polar surface area (TPSA) is 30.5 Å². The lowest BCUT2D eigenvalue weighted by atomic mass is 10.0. The SMILES string of the molecule is CNC(c1cc(Br)c(C)s1)c1c(OC)cccc1OC. The predicted octanol–water partition coefficient (Wildman–Crippen LogP) is 4.15. The van der Waals surface area contributed by atoms with Crippen LogP contribution in [0.3, 0.4) is 0 Å². The van der Waals surface area contributed by atoms with E-state index in [1.807, 2.05) is 25.2 Å². The van der Waals surface area contributed by atoms with Crippen LogP contribution < -0.4 is 14.8 Å². The molecule has 0 saturated carbocycles. The van der Waals surface area contributed by atoms with Crippen LogP contribution in [0.25, 0.3) is 0 Å². The average molecular weight is 356 g/mol. The van der Waals surface area contributed by atoms with Crippen LogP contribution in [0, 0.1) is 6.92 Å². The van der Waals surface area contributed by atoms with Crippen LogP contribution in [0.1, 0.15) is 21.4 Å². The fraction of sp³-hybridized carbons (Fsp3) is 0.333. The van der Waals surface area contributed by atoms with E-state index in [4.69, 9.17) is 9.47 Å². The summed E-state index contributed by atoms with van der Waals surface area (Å²) in [5.41, 5.74) is 1.02. The zero-order valence-electron chi connectivity index (χ0n) is 12.0. The second kappa shape index (κ2) is 6.61. The summed E-state index contributed by atoms with van der Waals surface area (Å²) in [7, 11) is 5.31. The van der Waals surface area contributed by atoms with Crippen LogP contribution >= 0.6 is 27.3 Å². The number of nitrogens with one attached hydrogen (secondary N) is 1. The smallest absolute Gasteiger partial charge is 0.127 e. The summed E-state index contributed by atoms with van der Waals surface area (Å²) in [5.74, 6) is 1.65. The van der Waals surface area contributed by atoms with E-state index in [9.17, 15) is 0 Å². The Hall–Kier alpha value is -1.04. The molecule has 0 fully saturated rings. The number of thiophene rings is 1. The van der Waals surface area contributed by atoms with Crippen molar-refractivity contribution >= 4 is 27.3 Å². The summed E-state index contributed by atoms with van der Waals surface area (Å²) >= 11 is 5.34. The Balaban J connectivity index is 2.56. The molecular formula is C15H18BrNO2S. The van der Waals surface area contributed by atoms with Crippen LogP contribution in [0.4, 0.5) is 0 Å². The highest BCUT2D eigenvalue weighted by Crippen LogP contribution is 2.40. The van der Waals surface area contributed by atoms with Crippen molar-refractivity contribution in [3.63, 3.8) is 0 Å². The van der Waals surface area contributed by atoms with Crippen molar-refractivity contribution in [1.29, 1.82) is 0 Å². The standard InChI is InChI=1S/C15H18BrNO2S/c1-9-10(16)8-13(20-9)15(17-2)14-11(18-3)6-5-7-12(14)19-4/h5-8,15,17H,1-4H3. The van der Waals surface area contributed by atoms with Gasteiger partial charge in [-0.15, -0.1) is 11.3 Å². The van der Waals surface area contributed by atoms with Crippen LogP contribution in [-0.4, -0.2) is 21.3 Å². The van der Waals surface area contributed by atoms with Crippen molar-refractivity contribution in [3.8, 4) is 11.5 Å². The zero-order chi connectivity index (χ0) is 14.7. The van der Waals surface area contributed by atoms with Gasteiger partial charge in [-0.25, -0.2) is 0 Å². The molecular weight excluding hydrogens is 338 g/mol. The monoisotopic (exact) mass is 355 g/mol. The van der Waals surface area contributed by atoms with Crippen LogP contribution in [0.5, 0.6) is 11.5 Å². The normalized spacial score (nSPS) is 12.2. The van der Waals surface area contributed by atoms with Gasteiger partial charge in [-0.05, 0) is 48.1 Å². The van der Waals surface area contributed by atoms with Gasteiger partial charge in [0.05, 0.1) is 25.8 Å². The third kappa shape index (κ3) is 2.85. The Kier molecular flexibility index (Phi) is 5.07. The number of hydrogen-bond donors (Lipinski definition) is 1. The van der Waals surface area contributed by atoms with E-state index in [1.165, 1.54) is 9.75 Å². The Morgan fingerprint density at radius 1 is 1.20 bits per heavy atom. The van der Waals surface area contributed by atoms with E-state index in [0.29, 0.717) is 0 Å². The van der Waals surface area contributed by atoms with Gasteiger partial charge < -0.3 is 14.8 Å². The minimum Gasteiger partial charge on any atom is -0.496 e. The maximum Gasteiger partial charge on any atom is 0.127 e. The number of aryl methyl sites for hydroxylation is 1. The van der Waals surface area contributed by atoms with Crippen molar-refractivity contribution in [3.05, 3.63) is 44.1 Å². The third-order valence-corrected chi connectivity index (χ3v) is 5.41. The molecule has 2 aromatic rings. The molecule has 1 atom stereocenters. The van der Waals surface area contributed by atoms with Gasteiger partial charge in [0.25, 0.3) is 0 Å². The second-order valence-electron chi connectivity index (χ2n) is 4.35. The molecule has 1 N–H and O–H groups in total. The molecule has 1 aromatic heterocycles. The second-order valence-corrected chi connectivity index (χ2v) is 6.49. The maximum atomic E-state index is 5.50. The number of methoxy groups -OCH3 is 2. The minimum atomic E-state index is 0.0381. The third-order valence-electron chi connectivity index (χ3n) is 3.20. The van der Waals surface area contributed by atoms with Crippen molar-refractivity contribution in [2.45, 2.75) is 13.0 Å². The zero-order valence-corrected chi connectivity index (χ0v) is 14.4. The summed E-state index contributed by atoms with van der Waals surface area (Å²) in [6.07, 6.45) is 0. The molecule has 0 aliphatic rings. The molecule has 0 spiro atoms. The molecule has 20 heavy (non-hydrogen) atoms. The van der Waals surface area contributed by atoms with Gasteiger partial charge in [-0.3, -0.25) is 0 Å². The number of hydrogen-bond acceptors (Lipinski definition) is 4.